The van der Waals surface area contributed by atoms with Crippen molar-refractivity contribution in [1.82, 2.24) is 9.62 Å². The van der Waals surface area contributed by atoms with Crippen molar-refractivity contribution in [2.75, 3.05) is 26.4 Å². The van der Waals surface area contributed by atoms with Crippen molar-refractivity contribution in [2.45, 2.75) is 30.7 Å². The first kappa shape index (κ1) is 18.3. The van der Waals surface area contributed by atoms with Crippen LogP contribution >= 0.6 is 0 Å². The van der Waals surface area contributed by atoms with Gasteiger partial charge < -0.3 is 13.9 Å². The summed E-state index contributed by atoms with van der Waals surface area (Å²) in [4.78, 5) is 2.46. The number of benzene rings is 1. The van der Waals surface area contributed by atoms with Crippen LogP contribution in [0.3, 0.4) is 0 Å². The third-order valence-electron chi connectivity index (χ3n) is 5.25. The highest BCUT2D eigenvalue weighted by molar-refractivity contribution is 7.89. The molecular weight excluding hydrogens is 368 g/mol. The molecule has 0 bridgehead atoms. The summed E-state index contributed by atoms with van der Waals surface area (Å²) in [7, 11) is -3.67. The largest absolute Gasteiger partial charge is 0.468 e. The number of ether oxygens (including phenoxy) is 2. The molecule has 0 radical (unpaired) electrons. The van der Waals surface area contributed by atoms with Crippen molar-refractivity contribution in [3.63, 3.8) is 0 Å². The van der Waals surface area contributed by atoms with Gasteiger partial charge in [-0.15, -0.1) is 0 Å². The van der Waals surface area contributed by atoms with Crippen LogP contribution in [-0.4, -0.2) is 39.7 Å². The Bertz CT molecular complexity index is 874. The fourth-order valence-electron chi connectivity index (χ4n) is 3.55. The van der Waals surface area contributed by atoms with E-state index in [0.717, 1.165) is 31.7 Å². The summed E-state index contributed by atoms with van der Waals surface area (Å²) >= 11 is 0. The van der Waals surface area contributed by atoms with E-state index in [2.05, 4.69) is 16.5 Å². The van der Waals surface area contributed by atoms with Gasteiger partial charge in [0.25, 0.3) is 0 Å². The maximum Gasteiger partial charge on any atom is 0.240 e. The predicted molar refractivity (Wildman–Crippen MR) is 99.2 cm³/mol. The van der Waals surface area contributed by atoms with Crippen LogP contribution in [-0.2, 0) is 10.0 Å². The molecule has 2 aromatic rings. The van der Waals surface area contributed by atoms with Crippen molar-refractivity contribution in [3.8, 4) is 11.5 Å². The quantitative estimate of drug-likeness (QED) is 0.814. The number of likely N-dealkylation sites (tertiary alicyclic amines) is 1. The molecule has 1 N–H and O–H groups in total. The number of furan rings is 1. The van der Waals surface area contributed by atoms with Gasteiger partial charge in [-0.25, -0.2) is 13.1 Å². The molecule has 1 aromatic carbocycles. The Labute approximate surface area is 159 Å². The Morgan fingerprint density at radius 2 is 1.96 bits per heavy atom. The van der Waals surface area contributed by atoms with Crippen LogP contribution in [0.15, 0.2) is 45.9 Å². The van der Waals surface area contributed by atoms with E-state index in [1.54, 1.807) is 12.3 Å². The van der Waals surface area contributed by atoms with Crippen LogP contribution in [0.1, 0.15) is 31.6 Å². The number of piperidine rings is 1. The Hall–Kier alpha value is -2.03. The van der Waals surface area contributed by atoms with Crippen molar-refractivity contribution >= 4 is 10.0 Å². The van der Waals surface area contributed by atoms with Crippen LogP contribution < -0.4 is 14.2 Å². The van der Waals surface area contributed by atoms with Crippen molar-refractivity contribution in [2.24, 2.45) is 5.92 Å². The van der Waals surface area contributed by atoms with Gasteiger partial charge in [-0.2, -0.15) is 0 Å². The van der Waals surface area contributed by atoms with Gasteiger partial charge in [0.15, 0.2) is 11.5 Å². The highest BCUT2D eigenvalue weighted by atomic mass is 32.2. The van der Waals surface area contributed by atoms with E-state index in [4.69, 9.17) is 13.9 Å². The summed E-state index contributed by atoms with van der Waals surface area (Å²) in [5.41, 5.74) is 0. The first-order valence-corrected chi connectivity index (χ1v) is 10.7. The van der Waals surface area contributed by atoms with Gasteiger partial charge in [0.05, 0.1) is 17.2 Å². The molecule has 27 heavy (non-hydrogen) atoms. The number of fused-ring (bicyclic) bond motifs is 1. The van der Waals surface area contributed by atoms with E-state index in [1.807, 2.05) is 12.1 Å². The lowest BCUT2D eigenvalue weighted by molar-refractivity contribution is 0.125. The fourth-order valence-corrected chi connectivity index (χ4v) is 4.60. The summed E-state index contributed by atoms with van der Waals surface area (Å²) in [6.45, 7) is 4.47. The summed E-state index contributed by atoms with van der Waals surface area (Å²) in [6, 6.07) is 8.25. The minimum absolute atomic E-state index is 0.111. The van der Waals surface area contributed by atoms with Crippen LogP contribution in [0.25, 0.3) is 0 Å². The molecule has 1 saturated heterocycles. The lowest BCUT2D eigenvalue weighted by Gasteiger charge is -2.35. The van der Waals surface area contributed by atoms with Crippen LogP contribution in [0.5, 0.6) is 11.5 Å². The molecule has 2 aliphatic rings. The van der Waals surface area contributed by atoms with E-state index >= 15 is 0 Å². The summed E-state index contributed by atoms with van der Waals surface area (Å²) in [5, 5.41) is 0. The lowest BCUT2D eigenvalue weighted by atomic mass is 9.97. The van der Waals surface area contributed by atoms with Gasteiger partial charge in [-0.1, -0.05) is 6.92 Å². The second-order valence-electron chi connectivity index (χ2n) is 7.12. The summed E-state index contributed by atoms with van der Waals surface area (Å²) < 4.78 is 44.4. The zero-order chi connectivity index (χ0) is 18.9. The molecule has 0 unspecified atom stereocenters. The third kappa shape index (κ3) is 3.97. The Kier molecular flexibility index (Phi) is 5.12. The van der Waals surface area contributed by atoms with Gasteiger partial charge in [-0.3, -0.25) is 4.90 Å². The minimum Gasteiger partial charge on any atom is -0.468 e. The highest BCUT2D eigenvalue weighted by Crippen LogP contribution is 2.34. The van der Waals surface area contributed by atoms with Gasteiger partial charge in [0, 0.05) is 12.6 Å². The summed E-state index contributed by atoms with van der Waals surface area (Å²) in [5.74, 6) is 2.48. The fraction of sp³-hybridized carbons (Fsp3) is 0.474. The number of nitrogens with zero attached hydrogens (tertiary/aromatic N) is 1. The molecule has 0 saturated carbocycles. The Morgan fingerprint density at radius 1 is 1.19 bits per heavy atom. The van der Waals surface area contributed by atoms with Crippen LogP contribution in [0.4, 0.5) is 0 Å². The average molecular weight is 392 g/mol. The van der Waals surface area contributed by atoms with Crippen LogP contribution in [0.2, 0.25) is 0 Å². The molecule has 7 nitrogen and oxygen atoms in total. The normalized spacial score (nSPS) is 19.3. The zero-order valence-corrected chi connectivity index (χ0v) is 16.1. The Balaban J connectivity index is 1.50. The number of rotatable bonds is 6. The van der Waals surface area contributed by atoms with E-state index in [0.29, 0.717) is 17.4 Å². The first-order valence-electron chi connectivity index (χ1n) is 9.20. The van der Waals surface area contributed by atoms with E-state index < -0.39 is 10.0 Å². The van der Waals surface area contributed by atoms with E-state index in [9.17, 15) is 8.42 Å². The van der Waals surface area contributed by atoms with Gasteiger partial charge in [0.1, 0.15) is 5.76 Å². The number of hydrogen-bond acceptors (Lipinski definition) is 6. The second kappa shape index (κ2) is 7.53. The molecule has 4 rings (SSSR count). The first-order chi connectivity index (χ1) is 13.0. The molecule has 1 atom stereocenters. The Morgan fingerprint density at radius 3 is 2.70 bits per heavy atom. The highest BCUT2D eigenvalue weighted by Gasteiger charge is 2.28. The zero-order valence-electron chi connectivity index (χ0n) is 15.3. The third-order valence-corrected chi connectivity index (χ3v) is 6.67. The van der Waals surface area contributed by atoms with Gasteiger partial charge >= 0.3 is 0 Å². The van der Waals surface area contributed by atoms with Crippen molar-refractivity contribution in [1.29, 1.82) is 0 Å². The molecule has 0 amide bonds. The number of nitrogens with one attached hydrogen (secondary N) is 1. The van der Waals surface area contributed by atoms with Crippen LogP contribution in [0, 0.1) is 5.92 Å². The van der Waals surface area contributed by atoms with Gasteiger partial charge in [-0.05, 0) is 56.1 Å². The topological polar surface area (TPSA) is 81.0 Å². The maximum absolute atomic E-state index is 12.8. The lowest BCUT2D eigenvalue weighted by Crippen LogP contribution is -2.41. The molecule has 146 valence electrons. The molecule has 0 spiro atoms. The van der Waals surface area contributed by atoms with Crippen molar-refractivity contribution in [3.05, 3.63) is 42.4 Å². The number of sulfonamides is 1. The molecular formula is C19H24N2O5S. The SMILES string of the molecule is CC1CCN([C@H](CNS(=O)(=O)c2ccc3c(c2)OCO3)c2ccco2)CC1. The minimum atomic E-state index is -3.67. The van der Waals surface area contributed by atoms with E-state index in [-0.39, 0.29) is 24.3 Å². The predicted octanol–water partition coefficient (Wildman–Crippen LogP) is 2.76. The molecule has 3 heterocycles. The maximum atomic E-state index is 12.8. The molecule has 8 heteroatoms. The molecule has 1 fully saturated rings. The molecule has 0 aliphatic carbocycles. The van der Waals surface area contributed by atoms with Gasteiger partial charge in [0.2, 0.25) is 16.8 Å². The average Bonchev–Trinajstić information content (AvgIpc) is 3.34. The second-order valence-corrected chi connectivity index (χ2v) is 8.88. The smallest absolute Gasteiger partial charge is 0.240 e. The van der Waals surface area contributed by atoms with E-state index in [1.165, 1.54) is 12.1 Å². The summed E-state index contributed by atoms with van der Waals surface area (Å²) in [6.07, 6.45) is 3.83. The number of hydrogen-bond donors (Lipinski definition) is 1. The molecule has 1 aromatic heterocycles. The standard InChI is InChI=1S/C19H24N2O5S/c1-14-6-8-21(9-7-14)16(17-3-2-10-24-17)12-20-27(22,23)15-4-5-18-19(11-15)26-13-25-18/h2-5,10-11,14,16,20H,6-9,12-13H2,1H3/t16-/m1/s1. The van der Waals surface area contributed by atoms with Crippen molar-refractivity contribution < 1.29 is 22.3 Å². The monoisotopic (exact) mass is 392 g/mol. The molecule has 2 aliphatic heterocycles.